The molecule has 3 N–H and O–H groups in total. The van der Waals surface area contributed by atoms with Crippen molar-refractivity contribution in [1.82, 2.24) is 5.43 Å². The molecule has 1 unspecified atom stereocenters. The molecule has 0 saturated heterocycles. The van der Waals surface area contributed by atoms with Crippen LogP contribution >= 0.6 is 15.9 Å². The van der Waals surface area contributed by atoms with E-state index in [0.29, 0.717) is 0 Å². The quantitative estimate of drug-likeness (QED) is 0.506. The molecule has 0 heterocycles. The minimum Gasteiger partial charge on any atom is -0.271 e. The first-order valence-electron chi connectivity index (χ1n) is 6.13. The molecule has 0 radical (unpaired) electrons. The summed E-state index contributed by atoms with van der Waals surface area (Å²) in [6.07, 6.45) is 7.27. The molecule has 0 amide bonds. The Morgan fingerprint density at radius 1 is 1.35 bits per heavy atom. The Morgan fingerprint density at radius 2 is 2.18 bits per heavy atom. The predicted molar refractivity (Wildman–Crippen MR) is 75.5 cm³/mol. The van der Waals surface area contributed by atoms with Crippen molar-refractivity contribution < 1.29 is 0 Å². The summed E-state index contributed by atoms with van der Waals surface area (Å²) in [5.74, 6) is 5.74. The number of hydrogen-bond donors (Lipinski definition) is 2. The van der Waals surface area contributed by atoms with Gasteiger partial charge in [-0.2, -0.15) is 0 Å². The average Bonchev–Trinajstić information content (AvgIpc) is 2.34. The fourth-order valence-corrected chi connectivity index (χ4v) is 2.96. The van der Waals surface area contributed by atoms with Crippen molar-refractivity contribution in [3.63, 3.8) is 0 Å². The highest BCUT2D eigenvalue weighted by Crippen LogP contribution is 2.31. The Hall–Kier alpha value is -0.640. The number of nitrogens with two attached hydrogens (primary N) is 1. The smallest absolute Gasteiger partial charge is 0.0672 e. The lowest BCUT2D eigenvalue weighted by molar-refractivity contribution is 0.564. The summed E-state index contributed by atoms with van der Waals surface area (Å²) in [4.78, 5) is 0. The third-order valence-corrected chi connectivity index (χ3v) is 3.90. The zero-order valence-corrected chi connectivity index (χ0v) is 11.8. The van der Waals surface area contributed by atoms with Crippen molar-refractivity contribution in [2.75, 3.05) is 0 Å². The minimum absolute atomic E-state index is 0.170. The summed E-state index contributed by atoms with van der Waals surface area (Å²) < 4.78 is 1.12. The van der Waals surface area contributed by atoms with Crippen molar-refractivity contribution in [3.8, 4) is 0 Å². The Balaban J connectivity index is 2.31. The fraction of sp³-hybridized carbons (Fsp3) is 0.429. The van der Waals surface area contributed by atoms with Crippen LogP contribution in [-0.4, -0.2) is 0 Å². The molecule has 17 heavy (non-hydrogen) atoms. The van der Waals surface area contributed by atoms with Crippen molar-refractivity contribution in [2.24, 2.45) is 5.84 Å². The van der Waals surface area contributed by atoms with E-state index in [4.69, 9.17) is 5.84 Å². The second-order valence-electron chi connectivity index (χ2n) is 4.63. The van der Waals surface area contributed by atoms with Gasteiger partial charge in [0.05, 0.1) is 6.04 Å². The highest BCUT2D eigenvalue weighted by atomic mass is 79.9. The van der Waals surface area contributed by atoms with Crippen molar-refractivity contribution in [2.45, 2.75) is 38.6 Å². The second-order valence-corrected chi connectivity index (χ2v) is 5.54. The summed E-state index contributed by atoms with van der Waals surface area (Å²) in [5.41, 5.74) is 6.95. The van der Waals surface area contributed by atoms with Crippen LogP contribution in [-0.2, 0) is 0 Å². The van der Waals surface area contributed by atoms with Gasteiger partial charge in [0, 0.05) is 4.47 Å². The molecule has 0 fully saturated rings. The standard InChI is InChI=1S/C14H19BrN2/c1-10-9-12(15)7-8-13(10)14(17-16)11-5-3-2-4-6-11/h5,7-9,14,17H,2-4,6,16H2,1H3. The van der Waals surface area contributed by atoms with Gasteiger partial charge in [-0.3, -0.25) is 5.84 Å². The van der Waals surface area contributed by atoms with Crippen LogP contribution in [0.3, 0.4) is 0 Å². The number of hydrogen-bond acceptors (Lipinski definition) is 2. The van der Waals surface area contributed by atoms with Gasteiger partial charge in [0.2, 0.25) is 0 Å². The lowest BCUT2D eigenvalue weighted by Gasteiger charge is -2.24. The molecule has 1 aromatic rings. The van der Waals surface area contributed by atoms with Gasteiger partial charge < -0.3 is 0 Å². The highest BCUT2D eigenvalue weighted by molar-refractivity contribution is 9.10. The minimum atomic E-state index is 0.170. The molecule has 1 aliphatic rings. The van der Waals surface area contributed by atoms with Crippen LogP contribution in [0.2, 0.25) is 0 Å². The number of nitrogens with one attached hydrogen (secondary N) is 1. The van der Waals surface area contributed by atoms with Gasteiger partial charge in [0.25, 0.3) is 0 Å². The van der Waals surface area contributed by atoms with Gasteiger partial charge in [-0.15, -0.1) is 0 Å². The van der Waals surface area contributed by atoms with Gasteiger partial charge in [-0.1, -0.05) is 33.6 Å². The van der Waals surface area contributed by atoms with Gasteiger partial charge in [-0.05, 0) is 55.9 Å². The first-order valence-corrected chi connectivity index (χ1v) is 6.93. The van der Waals surface area contributed by atoms with E-state index in [1.54, 1.807) is 0 Å². The van der Waals surface area contributed by atoms with E-state index in [1.807, 2.05) is 0 Å². The lowest BCUT2D eigenvalue weighted by Crippen LogP contribution is -2.30. The molecule has 1 atom stereocenters. The lowest BCUT2D eigenvalue weighted by atomic mass is 9.88. The second kappa shape index (κ2) is 5.80. The molecule has 92 valence electrons. The number of benzene rings is 1. The van der Waals surface area contributed by atoms with Crippen molar-refractivity contribution in [3.05, 3.63) is 45.4 Å². The van der Waals surface area contributed by atoms with Crippen LogP contribution in [0.5, 0.6) is 0 Å². The first kappa shape index (κ1) is 12.8. The molecule has 2 nitrogen and oxygen atoms in total. The molecule has 0 saturated carbocycles. The van der Waals surface area contributed by atoms with Crippen LogP contribution in [0.25, 0.3) is 0 Å². The zero-order chi connectivity index (χ0) is 12.3. The van der Waals surface area contributed by atoms with Gasteiger partial charge in [0.1, 0.15) is 0 Å². The maximum atomic E-state index is 5.74. The van der Waals surface area contributed by atoms with Gasteiger partial charge in [0.15, 0.2) is 0 Å². The Kier molecular flexibility index (Phi) is 4.37. The number of allylic oxidation sites excluding steroid dienone is 1. The fourth-order valence-electron chi connectivity index (χ4n) is 2.48. The Labute approximate surface area is 111 Å². The average molecular weight is 295 g/mol. The summed E-state index contributed by atoms with van der Waals surface area (Å²) in [7, 11) is 0. The molecule has 1 aromatic carbocycles. The highest BCUT2D eigenvalue weighted by Gasteiger charge is 2.18. The van der Waals surface area contributed by atoms with E-state index < -0.39 is 0 Å². The molecular formula is C14H19BrN2. The molecule has 2 rings (SSSR count). The molecule has 3 heteroatoms. The topological polar surface area (TPSA) is 38.0 Å². The van der Waals surface area contributed by atoms with Crippen LogP contribution in [0.15, 0.2) is 34.3 Å². The van der Waals surface area contributed by atoms with E-state index in [9.17, 15) is 0 Å². The Morgan fingerprint density at radius 3 is 2.76 bits per heavy atom. The van der Waals surface area contributed by atoms with Crippen LogP contribution in [0, 0.1) is 6.92 Å². The van der Waals surface area contributed by atoms with Crippen LogP contribution < -0.4 is 11.3 Å². The van der Waals surface area contributed by atoms with Crippen molar-refractivity contribution in [1.29, 1.82) is 0 Å². The molecule has 0 aliphatic heterocycles. The first-order chi connectivity index (χ1) is 8.22. The molecule has 0 aromatic heterocycles. The van der Waals surface area contributed by atoms with Crippen LogP contribution in [0.1, 0.15) is 42.9 Å². The van der Waals surface area contributed by atoms with E-state index in [2.05, 4.69) is 52.6 Å². The van der Waals surface area contributed by atoms with E-state index in [1.165, 1.54) is 36.0 Å². The van der Waals surface area contributed by atoms with Crippen molar-refractivity contribution >= 4 is 15.9 Å². The largest absolute Gasteiger partial charge is 0.271 e. The van der Waals surface area contributed by atoms with E-state index in [0.717, 1.165) is 10.9 Å². The normalized spacial score (nSPS) is 17.7. The Bertz CT molecular complexity index is 426. The van der Waals surface area contributed by atoms with Gasteiger partial charge in [-0.25, -0.2) is 5.43 Å². The van der Waals surface area contributed by atoms with Crippen LogP contribution in [0.4, 0.5) is 0 Å². The summed E-state index contributed by atoms with van der Waals surface area (Å²) in [5, 5.41) is 0. The molecule has 0 bridgehead atoms. The number of hydrazine groups is 1. The number of aryl methyl sites for hydroxylation is 1. The molecule has 1 aliphatic carbocycles. The molecule has 0 spiro atoms. The summed E-state index contributed by atoms with van der Waals surface area (Å²) in [6, 6.07) is 6.54. The van der Waals surface area contributed by atoms with E-state index >= 15 is 0 Å². The summed E-state index contributed by atoms with van der Waals surface area (Å²) in [6.45, 7) is 2.13. The van der Waals surface area contributed by atoms with E-state index in [-0.39, 0.29) is 6.04 Å². The third kappa shape index (κ3) is 2.97. The van der Waals surface area contributed by atoms with Gasteiger partial charge >= 0.3 is 0 Å². The maximum Gasteiger partial charge on any atom is 0.0672 e. The monoisotopic (exact) mass is 294 g/mol. The zero-order valence-electron chi connectivity index (χ0n) is 10.2. The maximum absolute atomic E-state index is 5.74. The SMILES string of the molecule is Cc1cc(Br)ccc1C(NN)C1=CCCCC1. The molecular weight excluding hydrogens is 276 g/mol. The number of rotatable bonds is 3. The third-order valence-electron chi connectivity index (χ3n) is 3.41. The number of halogens is 1. The summed E-state index contributed by atoms with van der Waals surface area (Å²) >= 11 is 3.50. The predicted octanol–water partition coefficient (Wildman–Crippen LogP) is 3.76.